The highest BCUT2D eigenvalue weighted by atomic mass is 16.6. The number of hydrogen-bond acceptors (Lipinski definition) is 4. The van der Waals surface area contributed by atoms with Crippen molar-refractivity contribution < 1.29 is 19.9 Å². The fraction of sp³-hybridized carbons (Fsp3) is 0.778. The van der Waals surface area contributed by atoms with Gasteiger partial charge in [0.2, 0.25) is 6.04 Å². The fourth-order valence-electron chi connectivity index (χ4n) is 1.81. The third-order valence-electron chi connectivity index (χ3n) is 2.70. The number of guanidine groups is 1. The van der Waals surface area contributed by atoms with E-state index in [9.17, 15) is 10.1 Å². The first-order chi connectivity index (χ1) is 8.32. The minimum absolute atomic E-state index is 0.0265. The molecule has 0 aliphatic heterocycles. The summed E-state index contributed by atoms with van der Waals surface area (Å²) in [6.45, 7) is 0.666. The molecular weight excluding hydrogens is 244 g/mol. The normalized spacial score (nSPS) is 22.2. The van der Waals surface area contributed by atoms with Gasteiger partial charge in [0.25, 0.3) is 0 Å². The van der Waals surface area contributed by atoms with Gasteiger partial charge < -0.3 is 21.3 Å². The Morgan fingerprint density at radius 2 is 1.83 bits per heavy atom. The lowest BCUT2D eigenvalue weighted by molar-refractivity contribution is -0.527. The van der Waals surface area contributed by atoms with Crippen LogP contribution in [0.1, 0.15) is 25.7 Å². The molecule has 0 amide bonds. The van der Waals surface area contributed by atoms with Crippen molar-refractivity contribution in [2.24, 2.45) is 11.7 Å². The van der Waals surface area contributed by atoms with Crippen molar-refractivity contribution in [3.05, 3.63) is 10.1 Å². The van der Waals surface area contributed by atoms with Crippen LogP contribution >= 0.6 is 0 Å². The van der Waals surface area contributed by atoms with Crippen molar-refractivity contribution in [3.8, 4) is 0 Å². The summed E-state index contributed by atoms with van der Waals surface area (Å²) in [5.41, 5.74) is 5.15. The molecule has 104 valence electrons. The molecule has 0 radical (unpaired) electrons. The third-order valence-corrected chi connectivity index (χ3v) is 2.70. The van der Waals surface area contributed by atoms with Gasteiger partial charge in [-0.1, -0.05) is 0 Å². The van der Waals surface area contributed by atoms with Crippen molar-refractivity contribution in [1.82, 2.24) is 5.32 Å². The predicted octanol–water partition coefficient (Wildman–Crippen LogP) is 0.527. The molecule has 9 nitrogen and oxygen atoms in total. The smallest absolute Gasteiger partial charge is 0.450 e. The first kappa shape index (κ1) is 15.9. The van der Waals surface area contributed by atoms with Crippen LogP contribution in [-0.4, -0.2) is 39.8 Å². The molecule has 0 spiro atoms. The number of nitrogens with zero attached hydrogens (tertiary/aromatic N) is 1. The highest BCUT2D eigenvalue weighted by Gasteiger charge is 2.27. The second-order valence-corrected chi connectivity index (χ2v) is 4.04. The third kappa shape index (κ3) is 8.13. The Kier molecular flexibility index (Phi) is 7.17. The lowest BCUT2D eigenvalue weighted by Crippen LogP contribution is -2.37. The number of carboxylic acid groups (broad SMARTS) is 2. The molecule has 0 aromatic rings. The first-order valence-corrected chi connectivity index (χ1v) is 5.46. The van der Waals surface area contributed by atoms with Gasteiger partial charge >= 0.3 is 6.16 Å². The van der Waals surface area contributed by atoms with Crippen molar-refractivity contribution in [2.75, 3.05) is 6.54 Å². The summed E-state index contributed by atoms with van der Waals surface area (Å²) >= 11 is 0. The Morgan fingerprint density at radius 1 is 1.39 bits per heavy atom. The van der Waals surface area contributed by atoms with Gasteiger partial charge in [0.05, 0.1) is 0 Å². The number of nitro groups is 1. The molecule has 9 heteroatoms. The van der Waals surface area contributed by atoms with Crippen molar-refractivity contribution in [3.63, 3.8) is 0 Å². The van der Waals surface area contributed by atoms with E-state index in [4.69, 9.17) is 26.2 Å². The van der Waals surface area contributed by atoms with Gasteiger partial charge in [-0.3, -0.25) is 15.5 Å². The van der Waals surface area contributed by atoms with E-state index in [1.807, 2.05) is 0 Å². The molecule has 0 aromatic carbocycles. The van der Waals surface area contributed by atoms with Gasteiger partial charge in [-0.05, 0) is 18.8 Å². The molecule has 0 saturated heterocycles. The summed E-state index contributed by atoms with van der Waals surface area (Å²) < 4.78 is 0. The quantitative estimate of drug-likeness (QED) is 0.214. The second-order valence-electron chi connectivity index (χ2n) is 4.04. The summed E-state index contributed by atoms with van der Waals surface area (Å²) in [6.07, 6.45) is 1.17. The van der Waals surface area contributed by atoms with Crippen molar-refractivity contribution in [1.29, 1.82) is 5.41 Å². The van der Waals surface area contributed by atoms with Crippen LogP contribution in [0.2, 0.25) is 0 Å². The van der Waals surface area contributed by atoms with Crippen LogP contribution in [0.5, 0.6) is 0 Å². The number of nitrogens with two attached hydrogens (primary N) is 1. The maximum absolute atomic E-state index is 10.5. The first-order valence-electron chi connectivity index (χ1n) is 5.46. The molecule has 0 unspecified atom stereocenters. The van der Waals surface area contributed by atoms with E-state index < -0.39 is 6.16 Å². The Labute approximate surface area is 104 Å². The molecule has 1 aliphatic carbocycles. The predicted molar refractivity (Wildman–Crippen MR) is 63.3 cm³/mol. The summed E-state index contributed by atoms with van der Waals surface area (Å²) in [5.74, 6) is 0.400. The molecule has 18 heavy (non-hydrogen) atoms. The Bertz CT molecular complexity index is 297. The molecule has 0 aromatic heterocycles. The molecule has 0 atom stereocenters. The lowest BCUT2D eigenvalue weighted by atomic mass is 9.86. The summed E-state index contributed by atoms with van der Waals surface area (Å²) in [6, 6.07) is -0.358. The minimum Gasteiger partial charge on any atom is -0.450 e. The minimum atomic E-state index is -1.83. The molecule has 1 rings (SSSR count). The second kappa shape index (κ2) is 8.09. The van der Waals surface area contributed by atoms with Crippen LogP contribution in [-0.2, 0) is 0 Å². The van der Waals surface area contributed by atoms with Gasteiger partial charge in [-0.15, -0.1) is 0 Å². The highest BCUT2D eigenvalue weighted by Crippen LogP contribution is 2.25. The Hall–Kier alpha value is -2.06. The maximum atomic E-state index is 10.5. The van der Waals surface area contributed by atoms with Gasteiger partial charge in [0.15, 0.2) is 5.96 Å². The molecular formula is C9H18N4O5. The van der Waals surface area contributed by atoms with Gasteiger partial charge in [-0.25, -0.2) is 4.79 Å². The van der Waals surface area contributed by atoms with Crippen LogP contribution in [0, 0.1) is 21.4 Å². The number of hydrogen-bond donors (Lipinski definition) is 5. The highest BCUT2D eigenvalue weighted by molar-refractivity contribution is 5.74. The van der Waals surface area contributed by atoms with Gasteiger partial charge in [0.1, 0.15) is 0 Å². The largest absolute Gasteiger partial charge is 0.503 e. The zero-order chi connectivity index (χ0) is 14.1. The average molecular weight is 262 g/mol. The van der Waals surface area contributed by atoms with E-state index in [2.05, 4.69) is 5.32 Å². The van der Waals surface area contributed by atoms with Crippen LogP contribution in [0.3, 0.4) is 0 Å². The standard InChI is InChI=1S/C8H16N4O2.CH2O3/c9-8(10)11-5-6-1-3-7(4-2-6)12(13)14;2-1(3)4/h6-7H,1-5H2,(H4,9,10,11);(H2,2,3,4)/t6-,7-;. The number of nitrogens with one attached hydrogen (secondary N) is 2. The molecule has 0 heterocycles. The summed E-state index contributed by atoms with van der Waals surface area (Å²) in [7, 11) is 0. The van der Waals surface area contributed by atoms with Crippen LogP contribution in [0.15, 0.2) is 0 Å². The van der Waals surface area contributed by atoms with E-state index in [1.54, 1.807) is 0 Å². The zero-order valence-corrected chi connectivity index (χ0v) is 9.83. The SMILES string of the molecule is N=C(N)NC[C@H]1CC[C@H]([N+](=O)[O-])CC1.O=C(O)O. The Morgan fingerprint density at radius 3 is 2.17 bits per heavy atom. The molecule has 1 fully saturated rings. The van der Waals surface area contributed by atoms with Crippen LogP contribution in [0.4, 0.5) is 4.79 Å². The molecule has 6 N–H and O–H groups in total. The van der Waals surface area contributed by atoms with Crippen LogP contribution in [0.25, 0.3) is 0 Å². The van der Waals surface area contributed by atoms with Crippen molar-refractivity contribution >= 4 is 12.1 Å². The Balaban J connectivity index is 0.000000631. The van der Waals surface area contributed by atoms with Crippen LogP contribution < -0.4 is 11.1 Å². The maximum Gasteiger partial charge on any atom is 0.503 e. The summed E-state index contributed by atoms with van der Waals surface area (Å²) in [4.78, 5) is 18.8. The monoisotopic (exact) mass is 262 g/mol. The van der Waals surface area contributed by atoms with E-state index in [-0.39, 0.29) is 16.9 Å². The number of rotatable bonds is 3. The molecule has 1 saturated carbocycles. The van der Waals surface area contributed by atoms with E-state index in [0.29, 0.717) is 25.3 Å². The van der Waals surface area contributed by atoms with E-state index >= 15 is 0 Å². The molecule has 1 aliphatic rings. The lowest BCUT2D eigenvalue weighted by Gasteiger charge is -2.23. The number of carbonyl (C=O) groups is 1. The topological polar surface area (TPSA) is 163 Å². The van der Waals surface area contributed by atoms with E-state index in [0.717, 1.165) is 12.8 Å². The van der Waals surface area contributed by atoms with Crippen molar-refractivity contribution in [2.45, 2.75) is 31.7 Å². The summed E-state index contributed by atoms with van der Waals surface area (Å²) in [5, 5.41) is 34.1. The van der Waals surface area contributed by atoms with Gasteiger partial charge in [0, 0.05) is 24.3 Å². The zero-order valence-electron chi connectivity index (χ0n) is 9.83. The van der Waals surface area contributed by atoms with Gasteiger partial charge in [-0.2, -0.15) is 0 Å². The average Bonchev–Trinajstić information content (AvgIpc) is 2.26. The fourth-order valence-corrected chi connectivity index (χ4v) is 1.81. The molecule has 0 bridgehead atoms. The van der Waals surface area contributed by atoms with E-state index in [1.165, 1.54) is 0 Å².